The van der Waals surface area contributed by atoms with Crippen LogP contribution in [0, 0.1) is 11.8 Å². The monoisotopic (exact) mass is 273 g/mol. The van der Waals surface area contributed by atoms with Crippen molar-refractivity contribution in [3.63, 3.8) is 0 Å². The van der Waals surface area contributed by atoms with Gasteiger partial charge in [-0.2, -0.15) is 0 Å². The molecule has 0 heterocycles. The van der Waals surface area contributed by atoms with E-state index in [0.29, 0.717) is 12.3 Å². The fraction of sp³-hybridized carbons (Fsp3) is 0.750. The van der Waals surface area contributed by atoms with Crippen molar-refractivity contribution in [2.45, 2.75) is 39.2 Å². The van der Waals surface area contributed by atoms with Gasteiger partial charge < -0.3 is 21.9 Å². The van der Waals surface area contributed by atoms with Gasteiger partial charge in [-0.1, -0.05) is 13.8 Å². The highest BCUT2D eigenvalue weighted by molar-refractivity contribution is 5.87. The van der Waals surface area contributed by atoms with E-state index in [-0.39, 0.29) is 25.3 Å². The third-order valence-electron chi connectivity index (χ3n) is 2.59. The van der Waals surface area contributed by atoms with Gasteiger partial charge in [-0.3, -0.25) is 14.4 Å². The lowest BCUT2D eigenvalue weighted by Gasteiger charge is -2.19. The zero-order valence-corrected chi connectivity index (χ0v) is 11.4. The van der Waals surface area contributed by atoms with Gasteiger partial charge in [-0.25, -0.2) is 0 Å². The van der Waals surface area contributed by atoms with Crippen LogP contribution in [0.3, 0.4) is 0 Å². The topological polar surface area (TPSA) is 136 Å². The summed E-state index contributed by atoms with van der Waals surface area (Å²) in [5.74, 6) is -1.85. The highest BCUT2D eigenvalue weighted by Gasteiger charge is 2.19. The molecule has 0 aromatic carbocycles. The molecule has 110 valence electrons. The van der Waals surface area contributed by atoms with Crippen LogP contribution < -0.4 is 16.8 Å². The van der Waals surface area contributed by atoms with Crippen molar-refractivity contribution >= 4 is 17.8 Å². The Bertz CT molecular complexity index is 331. The van der Waals surface area contributed by atoms with Crippen LogP contribution in [0.2, 0.25) is 0 Å². The number of primary amides is 1. The van der Waals surface area contributed by atoms with E-state index in [1.807, 2.05) is 13.8 Å². The molecule has 0 saturated carbocycles. The van der Waals surface area contributed by atoms with Crippen LogP contribution in [0.25, 0.3) is 0 Å². The molecule has 2 atom stereocenters. The molecule has 2 amide bonds. The summed E-state index contributed by atoms with van der Waals surface area (Å²) in [5, 5.41) is 11.4. The predicted molar refractivity (Wildman–Crippen MR) is 70.0 cm³/mol. The highest BCUT2D eigenvalue weighted by Crippen LogP contribution is 2.14. The molecule has 0 aromatic rings. The van der Waals surface area contributed by atoms with Crippen LogP contribution in [-0.2, 0) is 14.4 Å². The van der Waals surface area contributed by atoms with Gasteiger partial charge in [0.2, 0.25) is 11.8 Å². The number of aliphatic carboxylic acids is 1. The number of carboxylic acid groups (broad SMARTS) is 1. The number of rotatable bonds is 9. The molecule has 19 heavy (non-hydrogen) atoms. The van der Waals surface area contributed by atoms with Crippen LogP contribution in [0.15, 0.2) is 0 Å². The summed E-state index contributed by atoms with van der Waals surface area (Å²) in [6.45, 7) is 4.20. The first-order chi connectivity index (χ1) is 8.72. The van der Waals surface area contributed by atoms with E-state index < -0.39 is 23.8 Å². The lowest BCUT2D eigenvalue weighted by molar-refractivity contribution is -0.138. The Balaban J connectivity index is 4.25. The Labute approximate surface area is 112 Å². The molecule has 0 radical (unpaired) electrons. The molecule has 0 fully saturated rings. The van der Waals surface area contributed by atoms with E-state index in [0.717, 1.165) is 0 Å². The van der Waals surface area contributed by atoms with Crippen molar-refractivity contribution < 1.29 is 19.5 Å². The Kier molecular flexibility index (Phi) is 7.74. The predicted octanol–water partition coefficient (Wildman–Crippen LogP) is -0.558. The number of amides is 2. The van der Waals surface area contributed by atoms with Crippen LogP contribution in [0.1, 0.15) is 33.1 Å². The van der Waals surface area contributed by atoms with E-state index in [2.05, 4.69) is 5.32 Å². The molecule has 0 rings (SSSR count). The number of nitrogens with two attached hydrogens (primary N) is 2. The molecule has 0 aromatic heterocycles. The summed E-state index contributed by atoms with van der Waals surface area (Å²) in [4.78, 5) is 32.9. The number of carboxylic acids is 1. The first kappa shape index (κ1) is 17.4. The van der Waals surface area contributed by atoms with Crippen molar-refractivity contribution in [2.24, 2.45) is 23.3 Å². The Morgan fingerprint density at radius 2 is 1.79 bits per heavy atom. The molecule has 7 nitrogen and oxygen atoms in total. The average molecular weight is 273 g/mol. The molecule has 0 aliphatic carbocycles. The van der Waals surface area contributed by atoms with E-state index in [1.54, 1.807) is 0 Å². The number of nitrogens with one attached hydrogen (secondary N) is 1. The lowest BCUT2D eigenvalue weighted by atomic mass is 9.94. The van der Waals surface area contributed by atoms with E-state index in [4.69, 9.17) is 16.6 Å². The lowest BCUT2D eigenvalue weighted by Crippen LogP contribution is -2.44. The molecule has 0 aliphatic heterocycles. The zero-order valence-electron chi connectivity index (χ0n) is 11.4. The molecule has 6 N–H and O–H groups in total. The fourth-order valence-corrected chi connectivity index (χ4v) is 1.84. The first-order valence-electron chi connectivity index (χ1n) is 6.25. The largest absolute Gasteiger partial charge is 0.481 e. The average Bonchev–Trinajstić information content (AvgIpc) is 2.22. The highest BCUT2D eigenvalue weighted by atomic mass is 16.4. The fourth-order valence-electron chi connectivity index (χ4n) is 1.84. The van der Waals surface area contributed by atoms with Gasteiger partial charge in [-0.15, -0.1) is 0 Å². The maximum Gasteiger partial charge on any atom is 0.303 e. The quantitative estimate of drug-likeness (QED) is 0.446. The van der Waals surface area contributed by atoms with Crippen molar-refractivity contribution in [3.05, 3.63) is 0 Å². The first-order valence-corrected chi connectivity index (χ1v) is 6.25. The number of hydrogen-bond donors (Lipinski definition) is 4. The van der Waals surface area contributed by atoms with Gasteiger partial charge >= 0.3 is 5.97 Å². The molecular weight excluding hydrogens is 250 g/mol. The second kappa shape index (κ2) is 8.47. The zero-order chi connectivity index (χ0) is 15.0. The van der Waals surface area contributed by atoms with Gasteiger partial charge in [0.1, 0.15) is 0 Å². The van der Waals surface area contributed by atoms with Crippen LogP contribution in [0.4, 0.5) is 0 Å². The summed E-state index contributed by atoms with van der Waals surface area (Å²) < 4.78 is 0. The molecule has 1 unspecified atom stereocenters. The second-order valence-electron chi connectivity index (χ2n) is 5.12. The van der Waals surface area contributed by atoms with Crippen molar-refractivity contribution in [1.29, 1.82) is 0 Å². The molecule has 7 heteroatoms. The summed E-state index contributed by atoms with van der Waals surface area (Å²) in [5.41, 5.74) is 10.4. The van der Waals surface area contributed by atoms with Gasteiger partial charge in [0.15, 0.2) is 0 Å². The van der Waals surface area contributed by atoms with E-state index in [1.165, 1.54) is 0 Å². The molecule has 0 spiro atoms. The minimum absolute atomic E-state index is 0.0104. The standard InChI is InChI=1S/C12H23N3O4/c1-7(2)3-8(4-11(17)18)6-15-12(19)9(13)5-10(14)16/h7-9H,3-6,13H2,1-2H3,(H2,14,16)(H,15,19)(H,17,18)/t8-,9?/m0/s1. The summed E-state index contributed by atoms with van der Waals surface area (Å²) in [7, 11) is 0. The van der Waals surface area contributed by atoms with Crippen molar-refractivity contribution in [1.82, 2.24) is 5.32 Å². The molecule has 0 aliphatic rings. The number of hydrogen-bond acceptors (Lipinski definition) is 4. The van der Waals surface area contributed by atoms with Gasteiger partial charge in [0, 0.05) is 13.0 Å². The van der Waals surface area contributed by atoms with Crippen LogP contribution >= 0.6 is 0 Å². The summed E-state index contributed by atoms with van der Waals surface area (Å²) in [6.07, 6.45) is 0.459. The molecule has 0 bridgehead atoms. The van der Waals surface area contributed by atoms with E-state index >= 15 is 0 Å². The third kappa shape index (κ3) is 9.01. The minimum atomic E-state index is -0.984. The molecular formula is C12H23N3O4. The second-order valence-corrected chi connectivity index (χ2v) is 5.12. The van der Waals surface area contributed by atoms with Crippen LogP contribution in [-0.4, -0.2) is 35.5 Å². The van der Waals surface area contributed by atoms with Gasteiger partial charge in [0.25, 0.3) is 0 Å². The maximum atomic E-state index is 11.6. The van der Waals surface area contributed by atoms with Crippen molar-refractivity contribution in [2.75, 3.05) is 6.54 Å². The van der Waals surface area contributed by atoms with Crippen LogP contribution in [0.5, 0.6) is 0 Å². The Morgan fingerprint density at radius 3 is 2.21 bits per heavy atom. The van der Waals surface area contributed by atoms with Gasteiger partial charge in [-0.05, 0) is 18.3 Å². The SMILES string of the molecule is CC(C)C[C@H](CNC(=O)C(N)CC(N)=O)CC(=O)O. The third-order valence-corrected chi connectivity index (χ3v) is 2.59. The van der Waals surface area contributed by atoms with E-state index in [9.17, 15) is 14.4 Å². The Morgan fingerprint density at radius 1 is 1.21 bits per heavy atom. The Hall–Kier alpha value is -1.63. The molecule has 0 saturated heterocycles. The normalized spacial score (nSPS) is 13.9. The smallest absolute Gasteiger partial charge is 0.303 e. The van der Waals surface area contributed by atoms with Gasteiger partial charge in [0.05, 0.1) is 12.5 Å². The number of carbonyl (C=O) groups excluding carboxylic acids is 2. The maximum absolute atomic E-state index is 11.6. The number of carbonyl (C=O) groups is 3. The summed E-state index contributed by atoms with van der Waals surface area (Å²) in [6, 6.07) is -0.984. The summed E-state index contributed by atoms with van der Waals surface area (Å²) >= 11 is 0. The van der Waals surface area contributed by atoms with Crippen molar-refractivity contribution in [3.8, 4) is 0 Å². The minimum Gasteiger partial charge on any atom is -0.481 e.